The average molecular weight is 423 g/mol. The zero-order valence-corrected chi connectivity index (χ0v) is 19.0. The van der Waals surface area contributed by atoms with Gasteiger partial charge in [0.25, 0.3) is 0 Å². The van der Waals surface area contributed by atoms with Gasteiger partial charge in [-0.25, -0.2) is 0 Å². The number of fused-ring (bicyclic) bond motifs is 1. The van der Waals surface area contributed by atoms with E-state index in [1.807, 2.05) is 12.3 Å². The first-order chi connectivity index (χ1) is 15.3. The standard InChI is InChI=1S/C27H38N2O2/c1-2-31-25-14-13-24(22-10-4-5-11-23(22)25)28-19-16-27(26-12-6-8-18-29-26)15-7-3-9-20-30-21-17-27/h4-6,8,10-12,18,24-25,28H,2-3,7,9,13-17,19-21H2,1H3/t24-,25-,27+/m0/s1. The maximum atomic E-state index is 6.02. The Morgan fingerprint density at radius 1 is 1.00 bits per heavy atom. The summed E-state index contributed by atoms with van der Waals surface area (Å²) in [4.78, 5) is 4.81. The van der Waals surface area contributed by atoms with Crippen LogP contribution in [-0.2, 0) is 14.9 Å². The van der Waals surface area contributed by atoms with E-state index < -0.39 is 0 Å². The van der Waals surface area contributed by atoms with Crippen molar-refractivity contribution in [3.05, 3.63) is 65.5 Å². The van der Waals surface area contributed by atoms with Gasteiger partial charge >= 0.3 is 0 Å². The highest BCUT2D eigenvalue weighted by molar-refractivity contribution is 5.34. The molecule has 1 aliphatic carbocycles. The molecule has 168 valence electrons. The van der Waals surface area contributed by atoms with Gasteiger partial charge < -0.3 is 14.8 Å². The first-order valence-electron chi connectivity index (χ1n) is 12.3. The van der Waals surface area contributed by atoms with Gasteiger partial charge in [0.05, 0.1) is 6.10 Å². The first kappa shape index (κ1) is 22.4. The minimum absolute atomic E-state index is 0.0979. The Bertz CT molecular complexity index is 785. The summed E-state index contributed by atoms with van der Waals surface area (Å²) in [6, 6.07) is 15.6. The molecule has 4 heteroatoms. The third-order valence-corrected chi connectivity index (χ3v) is 7.18. The van der Waals surface area contributed by atoms with Crippen molar-refractivity contribution in [2.24, 2.45) is 0 Å². The fourth-order valence-electron chi connectivity index (χ4n) is 5.47. The van der Waals surface area contributed by atoms with Crippen molar-refractivity contribution in [2.75, 3.05) is 26.4 Å². The smallest absolute Gasteiger partial charge is 0.0828 e. The Morgan fingerprint density at radius 2 is 1.87 bits per heavy atom. The number of nitrogens with one attached hydrogen (secondary N) is 1. The molecule has 0 amide bonds. The summed E-state index contributed by atoms with van der Waals surface area (Å²) in [5.74, 6) is 0. The number of hydrogen-bond donors (Lipinski definition) is 1. The highest BCUT2D eigenvalue weighted by Gasteiger charge is 2.34. The van der Waals surface area contributed by atoms with E-state index in [0.717, 1.165) is 52.0 Å². The second kappa shape index (κ2) is 11.2. The summed E-state index contributed by atoms with van der Waals surface area (Å²) < 4.78 is 12.0. The van der Waals surface area contributed by atoms with Crippen molar-refractivity contribution in [3.63, 3.8) is 0 Å². The Hall–Kier alpha value is -1.75. The van der Waals surface area contributed by atoms with Crippen LogP contribution < -0.4 is 5.32 Å². The van der Waals surface area contributed by atoms with Gasteiger partial charge in [-0.2, -0.15) is 0 Å². The molecular weight excluding hydrogens is 384 g/mol. The molecule has 2 heterocycles. The molecule has 31 heavy (non-hydrogen) atoms. The van der Waals surface area contributed by atoms with E-state index in [2.05, 4.69) is 48.6 Å². The summed E-state index contributed by atoms with van der Waals surface area (Å²) in [5.41, 5.74) is 4.11. The Morgan fingerprint density at radius 3 is 2.71 bits per heavy atom. The van der Waals surface area contributed by atoms with E-state index in [-0.39, 0.29) is 11.5 Å². The Balaban J connectivity index is 1.47. The lowest BCUT2D eigenvalue weighted by Gasteiger charge is -2.36. The molecule has 1 saturated heterocycles. The Labute approximate surface area is 187 Å². The van der Waals surface area contributed by atoms with Crippen LogP contribution in [0.4, 0.5) is 0 Å². The van der Waals surface area contributed by atoms with Crippen LogP contribution >= 0.6 is 0 Å². The number of ether oxygens (including phenoxy) is 2. The molecule has 1 aliphatic heterocycles. The van der Waals surface area contributed by atoms with E-state index in [1.165, 1.54) is 42.5 Å². The minimum atomic E-state index is 0.0979. The van der Waals surface area contributed by atoms with Gasteiger partial charge in [-0.1, -0.05) is 43.2 Å². The molecule has 2 aromatic rings. The predicted octanol–water partition coefficient (Wildman–Crippen LogP) is 5.89. The highest BCUT2D eigenvalue weighted by atomic mass is 16.5. The maximum absolute atomic E-state index is 6.02. The Kier molecular flexibility index (Phi) is 8.12. The largest absolute Gasteiger partial charge is 0.381 e. The molecule has 0 unspecified atom stereocenters. The lowest BCUT2D eigenvalue weighted by molar-refractivity contribution is 0.0454. The van der Waals surface area contributed by atoms with Crippen LogP contribution in [0.2, 0.25) is 0 Å². The monoisotopic (exact) mass is 422 g/mol. The molecule has 2 aliphatic rings. The lowest BCUT2D eigenvalue weighted by atomic mass is 9.73. The minimum Gasteiger partial charge on any atom is -0.381 e. The van der Waals surface area contributed by atoms with Crippen LogP contribution in [0.3, 0.4) is 0 Å². The number of hydrogen-bond acceptors (Lipinski definition) is 4. The highest BCUT2D eigenvalue weighted by Crippen LogP contribution is 2.40. The first-order valence-corrected chi connectivity index (χ1v) is 12.3. The van der Waals surface area contributed by atoms with Crippen molar-refractivity contribution in [1.29, 1.82) is 0 Å². The second-order valence-corrected chi connectivity index (χ2v) is 9.08. The third kappa shape index (κ3) is 5.54. The molecule has 1 aromatic heterocycles. The fourth-order valence-corrected chi connectivity index (χ4v) is 5.47. The van der Waals surface area contributed by atoms with Gasteiger partial charge in [0.15, 0.2) is 0 Å². The van der Waals surface area contributed by atoms with Crippen LogP contribution in [0.25, 0.3) is 0 Å². The van der Waals surface area contributed by atoms with Crippen molar-refractivity contribution in [2.45, 2.75) is 75.9 Å². The molecule has 1 aromatic carbocycles. The SMILES string of the molecule is CCO[C@H]1CC[C@H](NCC[C@]2(c3ccccn3)CCCCCOCC2)c2ccccc21. The molecular formula is C27H38N2O2. The molecule has 3 atom stereocenters. The number of benzene rings is 1. The zero-order valence-electron chi connectivity index (χ0n) is 19.0. The van der Waals surface area contributed by atoms with E-state index in [4.69, 9.17) is 14.5 Å². The van der Waals surface area contributed by atoms with E-state index in [0.29, 0.717) is 6.04 Å². The summed E-state index contributed by atoms with van der Waals surface area (Å²) in [6.07, 6.45) is 11.4. The topological polar surface area (TPSA) is 43.4 Å². The molecule has 0 saturated carbocycles. The number of rotatable bonds is 7. The average Bonchev–Trinajstić information content (AvgIpc) is 2.94. The van der Waals surface area contributed by atoms with Crippen LogP contribution in [0, 0.1) is 0 Å². The quantitative estimate of drug-likeness (QED) is 0.604. The van der Waals surface area contributed by atoms with Crippen molar-refractivity contribution in [3.8, 4) is 0 Å². The molecule has 1 fully saturated rings. The summed E-state index contributed by atoms with van der Waals surface area (Å²) >= 11 is 0. The van der Waals surface area contributed by atoms with Crippen molar-refractivity contribution in [1.82, 2.24) is 10.3 Å². The van der Waals surface area contributed by atoms with Crippen LogP contribution in [-0.4, -0.2) is 31.3 Å². The third-order valence-electron chi connectivity index (χ3n) is 7.18. The van der Waals surface area contributed by atoms with Gasteiger partial charge in [-0.15, -0.1) is 0 Å². The maximum Gasteiger partial charge on any atom is 0.0828 e. The molecule has 0 radical (unpaired) electrons. The normalized spacial score (nSPS) is 27.0. The molecule has 0 spiro atoms. The van der Waals surface area contributed by atoms with E-state index in [9.17, 15) is 0 Å². The van der Waals surface area contributed by atoms with Crippen molar-refractivity contribution >= 4 is 0 Å². The zero-order chi connectivity index (χ0) is 21.4. The fraction of sp³-hybridized carbons (Fsp3) is 0.593. The predicted molar refractivity (Wildman–Crippen MR) is 125 cm³/mol. The van der Waals surface area contributed by atoms with Crippen molar-refractivity contribution < 1.29 is 9.47 Å². The molecule has 4 rings (SSSR count). The number of pyridine rings is 1. The van der Waals surface area contributed by atoms with Gasteiger partial charge in [-0.05, 0) is 75.3 Å². The van der Waals surface area contributed by atoms with Gasteiger partial charge in [-0.3, -0.25) is 4.98 Å². The van der Waals surface area contributed by atoms with Gasteiger partial charge in [0, 0.05) is 43.2 Å². The van der Waals surface area contributed by atoms with Crippen LogP contribution in [0.1, 0.15) is 87.3 Å². The molecule has 1 N–H and O–H groups in total. The van der Waals surface area contributed by atoms with E-state index in [1.54, 1.807) is 0 Å². The summed E-state index contributed by atoms with van der Waals surface area (Å²) in [6.45, 7) is 5.58. The summed E-state index contributed by atoms with van der Waals surface area (Å²) in [7, 11) is 0. The van der Waals surface area contributed by atoms with Crippen LogP contribution in [0.15, 0.2) is 48.7 Å². The lowest BCUT2D eigenvalue weighted by Crippen LogP contribution is -2.35. The number of nitrogens with zero attached hydrogens (tertiary/aromatic N) is 1. The molecule has 0 bridgehead atoms. The number of aromatic nitrogens is 1. The van der Waals surface area contributed by atoms with Gasteiger partial charge in [0.1, 0.15) is 0 Å². The van der Waals surface area contributed by atoms with E-state index >= 15 is 0 Å². The van der Waals surface area contributed by atoms with Gasteiger partial charge in [0.2, 0.25) is 0 Å². The summed E-state index contributed by atoms with van der Waals surface area (Å²) in [5, 5.41) is 3.91. The second-order valence-electron chi connectivity index (χ2n) is 9.08. The van der Waals surface area contributed by atoms with Crippen LogP contribution in [0.5, 0.6) is 0 Å². The molecule has 4 nitrogen and oxygen atoms in total.